The third-order valence-electron chi connectivity index (χ3n) is 4.20. The number of amides is 1. The van der Waals surface area contributed by atoms with E-state index in [2.05, 4.69) is 29.0 Å². The zero-order valence-corrected chi connectivity index (χ0v) is 16.7. The number of hydrogen-bond donors (Lipinski definition) is 1. The number of esters is 1. The van der Waals surface area contributed by atoms with Crippen LogP contribution in [0.2, 0.25) is 0 Å². The molecule has 0 radical (unpaired) electrons. The molecule has 2 aromatic heterocycles. The number of rotatable bonds is 6. The van der Waals surface area contributed by atoms with Crippen molar-refractivity contribution in [3.05, 3.63) is 52.0 Å². The fraction of sp³-hybridized carbons (Fsp3) is 0.350. The minimum absolute atomic E-state index is 0.108. The summed E-state index contributed by atoms with van der Waals surface area (Å²) >= 11 is 1.47. The predicted molar refractivity (Wildman–Crippen MR) is 106 cm³/mol. The monoisotopic (exact) mass is 385 g/mol. The molecule has 1 aromatic carbocycles. The summed E-state index contributed by atoms with van der Waals surface area (Å²) < 4.78 is 6.67. The van der Waals surface area contributed by atoms with Gasteiger partial charge in [0.25, 0.3) is 5.91 Å². The first kappa shape index (κ1) is 19.1. The summed E-state index contributed by atoms with van der Waals surface area (Å²) in [5.74, 6) is 0.00486. The number of methoxy groups -OCH3 is 1. The van der Waals surface area contributed by atoms with Crippen LogP contribution < -0.4 is 5.32 Å². The van der Waals surface area contributed by atoms with Gasteiger partial charge in [-0.15, -0.1) is 11.3 Å². The van der Waals surface area contributed by atoms with Crippen molar-refractivity contribution in [3.8, 4) is 0 Å². The zero-order valence-electron chi connectivity index (χ0n) is 15.9. The van der Waals surface area contributed by atoms with Crippen molar-refractivity contribution < 1.29 is 14.3 Å². The standard InChI is InChI=1S/C20H23N3O3S/c1-12(2)11-23-19-16(13(3)22-23)9-17(27-19)18(24)21-10-14-5-7-15(8-6-14)20(25)26-4/h5-9,12H,10-11H2,1-4H3,(H,21,24). The van der Waals surface area contributed by atoms with Crippen molar-refractivity contribution in [2.24, 2.45) is 5.92 Å². The molecule has 142 valence electrons. The van der Waals surface area contributed by atoms with E-state index in [-0.39, 0.29) is 11.9 Å². The molecule has 0 bridgehead atoms. The van der Waals surface area contributed by atoms with Gasteiger partial charge in [0.2, 0.25) is 0 Å². The molecular weight excluding hydrogens is 362 g/mol. The van der Waals surface area contributed by atoms with Gasteiger partial charge in [-0.25, -0.2) is 4.79 Å². The summed E-state index contributed by atoms with van der Waals surface area (Å²) in [6.07, 6.45) is 0. The van der Waals surface area contributed by atoms with Crippen molar-refractivity contribution in [2.45, 2.75) is 33.9 Å². The Balaban J connectivity index is 1.70. The van der Waals surface area contributed by atoms with Crippen LogP contribution in [-0.2, 0) is 17.8 Å². The Morgan fingerprint density at radius 1 is 1.26 bits per heavy atom. The van der Waals surface area contributed by atoms with Gasteiger partial charge < -0.3 is 10.1 Å². The van der Waals surface area contributed by atoms with Crippen LogP contribution in [0.1, 0.15) is 45.1 Å². The topological polar surface area (TPSA) is 73.2 Å². The van der Waals surface area contributed by atoms with Crippen molar-refractivity contribution in [1.82, 2.24) is 15.1 Å². The Kier molecular flexibility index (Phi) is 5.60. The number of carbonyl (C=O) groups excluding carboxylic acids is 2. The van der Waals surface area contributed by atoms with Gasteiger partial charge >= 0.3 is 5.97 Å². The van der Waals surface area contributed by atoms with Crippen LogP contribution in [0.4, 0.5) is 0 Å². The lowest BCUT2D eigenvalue weighted by atomic mass is 10.1. The first-order valence-corrected chi connectivity index (χ1v) is 9.63. The largest absolute Gasteiger partial charge is 0.465 e. The third kappa shape index (κ3) is 4.19. The van der Waals surface area contributed by atoms with E-state index in [0.717, 1.165) is 28.0 Å². The van der Waals surface area contributed by atoms with E-state index in [9.17, 15) is 9.59 Å². The number of nitrogens with one attached hydrogen (secondary N) is 1. The quantitative estimate of drug-likeness (QED) is 0.656. The van der Waals surface area contributed by atoms with E-state index >= 15 is 0 Å². The molecule has 1 amide bonds. The lowest BCUT2D eigenvalue weighted by Gasteiger charge is -2.06. The van der Waals surface area contributed by atoms with Gasteiger partial charge in [-0.2, -0.15) is 5.10 Å². The van der Waals surface area contributed by atoms with Gasteiger partial charge in [0, 0.05) is 18.5 Å². The molecule has 0 spiro atoms. The van der Waals surface area contributed by atoms with Crippen LogP contribution in [0.15, 0.2) is 30.3 Å². The summed E-state index contributed by atoms with van der Waals surface area (Å²) in [5, 5.41) is 8.54. The van der Waals surface area contributed by atoms with Crippen molar-refractivity contribution in [2.75, 3.05) is 7.11 Å². The molecule has 3 aromatic rings. The number of nitrogens with zero attached hydrogens (tertiary/aromatic N) is 2. The molecule has 0 aliphatic rings. The molecule has 0 saturated carbocycles. The third-order valence-corrected chi connectivity index (χ3v) is 5.34. The van der Waals surface area contributed by atoms with Gasteiger partial charge in [-0.1, -0.05) is 26.0 Å². The van der Waals surface area contributed by atoms with E-state index in [1.54, 1.807) is 12.1 Å². The minimum Gasteiger partial charge on any atom is -0.465 e. The number of aromatic nitrogens is 2. The van der Waals surface area contributed by atoms with Crippen LogP contribution in [-0.4, -0.2) is 28.8 Å². The Morgan fingerprint density at radius 2 is 1.96 bits per heavy atom. The molecular formula is C20H23N3O3S. The number of hydrogen-bond acceptors (Lipinski definition) is 5. The molecule has 7 heteroatoms. The zero-order chi connectivity index (χ0) is 19.6. The number of thiophene rings is 1. The fourth-order valence-electron chi connectivity index (χ4n) is 2.84. The highest BCUT2D eigenvalue weighted by Crippen LogP contribution is 2.28. The second-order valence-electron chi connectivity index (χ2n) is 6.86. The maximum Gasteiger partial charge on any atom is 0.337 e. The highest BCUT2D eigenvalue weighted by molar-refractivity contribution is 7.20. The number of fused-ring (bicyclic) bond motifs is 1. The maximum absolute atomic E-state index is 12.5. The van der Waals surface area contributed by atoms with Gasteiger partial charge in [-0.3, -0.25) is 9.48 Å². The number of aryl methyl sites for hydroxylation is 1. The Labute approximate surface area is 162 Å². The summed E-state index contributed by atoms with van der Waals surface area (Å²) in [4.78, 5) is 25.7. The molecule has 0 unspecified atom stereocenters. The lowest BCUT2D eigenvalue weighted by Crippen LogP contribution is -2.21. The van der Waals surface area contributed by atoms with Crippen LogP contribution in [0.3, 0.4) is 0 Å². The minimum atomic E-state index is -0.373. The first-order valence-electron chi connectivity index (χ1n) is 8.81. The SMILES string of the molecule is COC(=O)c1ccc(CNC(=O)c2cc3c(C)nn(CC(C)C)c3s2)cc1. The summed E-state index contributed by atoms with van der Waals surface area (Å²) in [7, 11) is 1.35. The molecule has 6 nitrogen and oxygen atoms in total. The summed E-state index contributed by atoms with van der Waals surface area (Å²) in [6, 6.07) is 8.91. The van der Waals surface area contributed by atoms with E-state index in [0.29, 0.717) is 22.9 Å². The van der Waals surface area contributed by atoms with Gasteiger partial charge in [0.15, 0.2) is 0 Å². The smallest absolute Gasteiger partial charge is 0.337 e. The molecule has 0 atom stereocenters. The average molecular weight is 385 g/mol. The Morgan fingerprint density at radius 3 is 2.59 bits per heavy atom. The van der Waals surface area contributed by atoms with E-state index in [1.165, 1.54) is 18.4 Å². The van der Waals surface area contributed by atoms with Gasteiger partial charge in [-0.05, 0) is 36.6 Å². The van der Waals surface area contributed by atoms with Crippen LogP contribution in [0.5, 0.6) is 0 Å². The van der Waals surface area contributed by atoms with Gasteiger partial charge in [0.1, 0.15) is 4.83 Å². The summed E-state index contributed by atoms with van der Waals surface area (Å²) in [5.41, 5.74) is 2.35. The summed E-state index contributed by atoms with van der Waals surface area (Å²) in [6.45, 7) is 7.49. The maximum atomic E-state index is 12.5. The second kappa shape index (κ2) is 7.92. The second-order valence-corrected chi connectivity index (χ2v) is 7.89. The van der Waals surface area contributed by atoms with Crippen LogP contribution in [0.25, 0.3) is 10.2 Å². The molecule has 2 heterocycles. The molecule has 0 aliphatic heterocycles. The predicted octanol–water partition coefficient (Wildman–Crippen LogP) is 3.78. The van der Waals surface area contributed by atoms with E-state index in [1.807, 2.05) is 29.8 Å². The van der Waals surface area contributed by atoms with Crippen molar-refractivity contribution >= 4 is 33.4 Å². The average Bonchev–Trinajstić information content (AvgIpc) is 3.21. The van der Waals surface area contributed by atoms with E-state index in [4.69, 9.17) is 0 Å². The van der Waals surface area contributed by atoms with Gasteiger partial charge in [0.05, 0.1) is 23.2 Å². The lowest BCUT2D eigenvalue weighted by molar-refractivity contribution is 0.0600. The molecule has 3 rings (SSSR count). The molecule has 0 aliphatic carbocycles. The van der Waals surface area contributed by atoms with E-state index < -0.39 is 0 Å². The molecule has 0 saturated heterocycles. The normalized spacial score (nSPS) is 11.1. The number of benzene rings is 1. The first-order chi connectivity index (χ1) is 12.9. The van der Waals surface area contributed by atoms with Crippen molar-refractivity contribution in [3.63, 3.8) is 0 Å². The number of carbonyl (C=O) groups is 2. The fourth-order valence-corrected chi connectivity index (χ4v) is 3.93. The molecule has 0 fully saturated rings. The van der Waals surface area contributed by atoms with Crippen LogP contribution >= 0.6 is 11.3 Å². The number of ether oxygens (including phenoxy) is 1. The van der Waals surface area contributed by atoms with Crippen LogP contribution in [0, 0.1) is 12.8 Å². The Bertz CT molecular complexity index is 970. The van der Waals surface area contributed by atoms with Crippen molar-refractivity contribution in [1.29, 1.82) is 0 Å². The Hall–Kier alpha value is -2.67. The highest BCUT2D eigenvalue weighted by atomic mass is 32.1. The molecule has 1 N–H and O–H groups in total. The highest BCUT2D eigenvalue weighted by Gasteiger charge is 2.16. The molecule has 27 heavy (non-hydrogen) atoms.